The Hall–Kier alpha value is -1.20. The Balaban J connectivity index is 1.83. The van der Waals surface area contributed by atoms with Crippen molar-refractivity contribution in [3.63, 3.8) is 0 Å². The summed E-state index contributed by atoms with van der Waals surface area (Å²) in [5.41, 5.74) is 0. The molecule has 0 spiro atoms. The Morgan fingerprint density at radius 3 is 3.00 bits per heavy atom. The molecule has 2 aromatic rings. The second-order valence-electron chi connectivity index (χ2n) is 6.11. The summed E-state index contributed by atoms with van der Waals surface area (Å²) in [5, 5.41) is 6.61. The van der Waals surface area contributed by atoms with Crippen LogP contribution in [0.1, 0.15) is 39.4 Å². The molecule has 0 saturated carbocycles. The molecule has 2 unspecified atom stereocenters. The first-order valence-electron chi connectivity index (χ1n) is 7.89. The van der Waals surface area contributed by atoms with Crippen LogP contribution in [-0.4, -0.2) is 34.0 Å². The molecule has 1 aliphatic heterocycles. The Morgan fingerprint density at radius 2 is 2.24 bits per heavy atom. The van der Waals surface area contributed by atoms with E-state index in [1.807, 2.05) is 0 Å². The first-order valence-corrected chi connectivity index (χ1v) is 8.77. The fourth-order valence-electron chi connectivity index (χ4n) is 3.14. The van der Waals surface area contributed by atoms with Crippen molar-refractivity contribution in [1.82, 2.24) is 14.9 Å². The molecule has 21 heavy (non-hydrogen) atoms. The molecule has 1 N–H and O–H groups in total. The summed E-state index contributed by atoms with van der Waals surface area (Å²) in [7, 11) is 0. The van der Waals surface area contributed by atoms with Crippen molar-refractivity contribution in [3.8, 4) is 0 Å². The monoisotopic (exact) mass is 304 g/mol. The van der Waals surface area contributed by atoms with Crippen LogP contribution >= 0.6 is 11.3 Å². The second kappa shape index (κ2) is 6.28. The molecule has 1 fully saturated rings. The molecule has 114 valence electrons. The molecule has 0 radical (unpaired) electrons. The lowest BCUT2D eigenvalue weighted by molar-refractivity contribution is 0.119. The summed E-state index contributed by atoms with van der Waals surface area (Å²) < 4.78 is 0. The van der Waals surface area contributed by atoms with E-state index in [9.17, 15) is 0 Å². The Labute approximate surface area is 130 Å². The average molecular weight is 304 g/mol. The standard InChI is InChI=1S/C16H24N4S/c1-4-17-15-13-6-8-21-16(13)19-14(18-15)10-20-7-5-11(2)9-12(20)3/h6,8,11-12H,4-5,7,9-10H2,1-3H3,(H,17,18,19). The van der Waals surface area contributed by atoms with Gasteiger partial charge in [-0.1, -0.05) is 6.92 Å². The van der Waals surface area contributed by atoms with Gasteiger partial charge in [-0.25, -0.2) is 9.97 Å². The van der Waals surface area contributed by atoms with Crippen LogP contribution in [0, 0.1) is 5.92 Å². The van der Waals surface area contributed by atoms with Crippen LogP contribution in [0.5, 0.6) is 0 Å². The summed E-state index contributed by atoms with van der Waals surface area (Å²) in [6.45, 7) is 9.69. The number of nitrogens with one attached hydrogen (secondary N) is 1. The molecule has 3 rings (SSSR count). The number of nitrogens with zero attached hydrogens (tertiary/aromatic N) is 3. The number of hydrogen-bond acceptors (Lipinski definition) is 5. The van der Waals surface area contributed by atoms with Crippen LogP contribution in [-0.2, 0) is 6.54 Å². The van der Waals surface area contributed by atoms with Crippen LogP contribution in [0.3, 0.4) is 0 Å². The van der Waals surface area contributed by atoms with Crippen LogP contribution < -0.4 is 5.32 Å². The summed E-state index contributed by atoms with van der Waals surface area (Å²) in [4.78, 5) is 13.1. The van der Waals surface area contributed by atoms with Gasteiger partial charge in [-0.15, -0.1) is 11.3 Å². The van der Waals surface area contributed by atoms with Gasteiger partial charge in [0, 0.05) is 12.6 Å². The van der Waals surface area contributed by atoms with Gasteiger partial charge in [0.15, 0.2) is 0 Å². The highest BCUT2D eigenvalue weighted by Crippen LogP contribution is 2.27. The van der Waals surface area contributed by atoms with E-state index in [4.69, 9.17) is 9.97 Å². The van der Waals surface area contributed by atoms with Crippen LogP contribution in [0.2, 0.25) is 0 Å². The smallest absolute Gasteiger partial charge is 0.146 e. The van der Waals surface area contributed by atoms with E-state index in [1.165, 1.54) is 12.8 Å². The fourth-order valence-corrected chi connectivity index (χ4v) is 3.93. The molecule has 2 atom stereocenters. The predicted molar refractivity (Wildman–Crippen MR) is 89.8 cm³/mol. The lowest BCUT2D eigenvalue weighted by Crippen LogP contribution is -2.40. The van der Waals surface area contributed by atoms with Gasteiger partial charge in [0.2, 0.25) is 0 Å². The molecule has 0 aliphatic carbocycles. The normalized spacial score (nSPS) is 23.6. The lowest BCUT2D eigenvalue weighted by Gasteiger charge is -2.36. The highest BCUT2D eigenvalue weighted by Gasteiger charge is 2.23. The van der Waals surface area contributed by atoms with Crippen LogP contribution in [0.4, 0.5) is 5.82 Å². The van der Waals surface area contributed by atoms with Gasteiger partial charge in [0.25, 0.3) is 0 Å². The zero-order valence-corrected chi connectivity index (χ0v) is 13.9. The van der Waals surface area contributed by atoms with Crippen LogP contribution in [0.15, 0.2) is 11.4 Å². The van der Waals surface area contributed by atoms with Crippen molar-refractivity contribution < 1.29 is 0 Å². The Bertz CT molecular complexity index is 609. The maximum atomic E-state index is 4.75. The molecule has 0 aromatic carbocycles. The third-order valence-electron chi connectivity index (χ3n) is 4.34. The lowest BCUT2D eigenvalue weighted by atomic mass is 9.93. The van der Waals surface area contributed by atoms with Crippen molar-refractivity contribution in [2.24, 2.45) is 5.92 Å². The fraction of sp³-hybridized carbons (Fsp3) is 0.625. The van der Waals surface area contributed by atoms with E-state index in [1.54, 1.807) is 11.3 Å². The molecule has 1 aliphatic rings. The minimum Gasteiger partial charge on any atom is -0.370 e. The second-order valence-corrected chi connectivity index (χ2v) is 7.00. The number of anilines is 1. The van der Waals surface area contributed by atoms with E-state index >= 15 is 0 Å². The molecule has 0 bridgehead atoms. The van der Waals surface area contributed by atoms with E-state index < -0.39 is 0 Å². The SMILES string of the molecule is CCNc1nc(CN2CCC(C)CC2C)nc2sccc12. The number of fused-ring (bicyclic) bond motifs is 1. The Kier molecular flexibility index (Phi) is 4.40. The van der Waals surface area contributed by atoms with Crippen molar-refractivity contribution in [1.29, 1.82) is 0 Å². The molecular weight excluding hydrogens is 280 g/mol. The quantitative estimate of drug-likeness (QED) is 0.934. The predicted octanol–water partition coefficient (Wildman–Crippen LogP) is 3.74. The average Bonchev–Trinajstić information content (AvgIpc) is 2.91. The molecule has 1 saturated heterocycles. The first kappa shape index (κ1) is 14.7. The number of thiophene rings is 1. The molecule has 5 heteroatoms. The minimum atomic E-state index is 0.624. The minimum absolute atomic E-state index is 0.624. The van der Waals surface area contributed by atoms with Gasteiger partial charge < -0.3 is 5.32 Å². The van der Waals surface area contributed by atoms with Crippen molar-refractivity contribution in [2.45, 2.75) is 46.2 Å². The van der Waals surface area contributed by atoms with Crippen molar-refractivity contribution in [3.05, 3.63) is 17.3 Å². The highest BCUT2D eigenvalue weighted by molar-refractivity contribution is 7.16. The molecule has 3 heterocycles. The topological polar surface area (TPSA) is 41.1 Å². The van der Waals surface area contributed by atoms with Gasteiger partial charge in [0.05, 0.1) is 11.9 Å². The highest BCUT2D eigenvalue weighted by atomic mass is 32.1. The number of likely N-dealkylation sites (tertiary alicyclic amines) is 1. The van der Waals surface area contributed by atoms with E-state index in [0.29, 0.717) is 6.04 Å². The number of hydrogen-bond donors (Lipinski definition) is 1. The molecule has 2 aromatic heterocycles. The summed E-state index contributed by atoms with van der Waals surface area (Å²) >= 11 is 1.70. The molecule has 0 amide bonds. The third-order valence-corrected chi connectivity index (χ3v) is 5.14. The number of piperidine rings is 1. The largest absolute Gasteiger partial charge is 0.370 e. The molecule has 4 nitrogen and oxygen atoms in total. The third kappa shape index (κ3) is 3.19. The van der Waals surface area contributed by atoms with Gasteiger partial charge in [0.1, 0.15) is 16.5 Å². The summed E-state index contributed by atoms with van der Waals surface area (Å²) in [6.07, 6.45) is 2.56. The molecular formula is C16H24N4S. The maximum Gasteiger partial charge on any atom is 0.146 e. The zero-order chi connectivity index (χ0) is 14.8. The van der Waals surface area contributed by atoms with Crippen LogP contribution in [0.25, 0.3) is 10.2 Å². The van der Waals surface area contributed by atoms with Crippen molar-refractivity contribution in [2.75, 3.05) is 18.4 Å². The van der Waals surface area contributed by atoms with Gasteiger partial charge in [-0.3, -0.25) is 4.90 Å². The van der Waals surface area contributed by atoms with E-state index in [-0.39, 0.29) is 0 Å². The van der Waals surface area contributed by atoms with Gasteiger partial charge in [-0.2, -0.15) is 0 Å². The number of aromatic nitrogens is 2. The van der Waals surface area contributed by atoms with Crippen molar-refractivity contribution >= 4 is 27.4 Å². The van der Waals surface area contributed by atoms with E-state index in [2.05, 4.69) is 42.4 Å². The maximum absolute atomic E-state index is 4.75. The van der Waals surface area contributed by atoms with Gasteiger partial charge in [-0.05, 0) is 50.6 Å². The summed E-state index contributed by atoms with van der Waals surface area (Å²) in [6, 6.07) is 2.73. The summed E-state index contributed by atoms with van der Waals surface area (Å²) in [5.74, 6) is 2.77. The first-order chi connectivity index (χ1) is 10.2. The zero-order valence-electron chi connectivity index (χ0n) is 13.1. The number of rotatable bonds is 4. The van der Waals surface area contributed by atoms with Gasteiger partial charge >= 0.3 is 0 Å². The Morgan fingerprint density at radius 1 is 1.38 bits per heavy atom. The van der Waals surface area contributed by atoms with E-state index in [0.717, 1.165) is 47.4 Å².